The first-order chi connectivity index (χ1) is 7.24. The molecule has 4 heteroatoms. The third-order valence-corrected chi connectivity index (χ3v) is 3.36. The lowest BCUT2D eigenvalue weighted by Gasteiger charge is -2.11. The molecule has 1 aromatic heterocycles. The molecule has 0 saturated heterocycles. The molecule has 0 spiro atoms. The second-order valence-electron chi connectivity index (χ2n) is 3.66. The maximum absolute atomic E-state index is 5.99. The standard InChI is InChI=1S/C11H17ClN2S/c1-9(8-15-2)5-14-6-10-3-4-13-7-11(10)12/h3-4,7,9,14H,5-6,8H2,1-2H3. The van der Waals surface area contributed by atoms with Crippen LogP contribution in [0.25, 0.3) is 0 Å². The Morgan fingerprint density at radius 2 is 2.40 bits per heavy atom. The molecule has 15 heavy (non-hydrogen) atoms. The van der Waals surface area contributed by atoms with Crippen LogP contribution in [0.2, 0.25) is 5.02 Å². The summed E-state index contributed by atoms with van der Waals surface area (Å²) in [6, 6.07) is 1.95. The lowest BCUT2D eigenvalue weighted by molar-refractivity contribution is 0.559. The minimum atomic E-state index is 0.695. The first kappa shape index (κ1) is 12.8. The fourth-order valence-corrected chi connectivity index (χ4v) is 2.22. The summed E-state index contributed by atoms with van der Waals surface area (Å²) in [4.78, 5) is 3.95. The summed E-state index contributed by atoms with van der Waals surface area (Å²) in [5.41, 5.74) is 1.11. The fourth-order valence-electron chi connectivity index (χ4n) is 1.34. The van der Waals surface area contributed by atoms with E-state index in [9.17, 15) is 0 Å². The van der Waals surface area contributed by atoms with Crippen LogP contribution in [0.1, 0.15) is 12.5 Å². The highest BCUT2D eigenvalue weighted by molar-refractivity contribution is 7.98. The number of hydrogen-bond acceptors (Lipinski definition) is 3. The number of nitrogens with one attached hydrogen (secondary N) is 1. The van der Waals surface area contributed by atoms with Crippen LogP contribution in [-0.4, -0.2) is 23.5 Å². The molecule has 0 saturated carbocycles. The Balaban J connectivity index is 2.29. The maximum atomic E-state index is 5.99. The monoisotopic (exact) mass is 244 g/mol. The highest BCUT2D eigenvalue weighted by Gasteiger charge is 2.02. The molecule has 0 aliphatic heterocycles. The van der Waals surface area contributed by atoms with Gasteiger partial charge in [0.2, 0.25) is 0 Å². The molecule has 84 valence electrons. The quantitative estimate of drug-likeness (QED) is 0.833. The predicted molar refractivity (Wildman–Crippen MR) is 68.5 cm³/mol. The number of rotatable bonds is 6. The summed E-state index contributed by atoms with van der Waals surface area (Å²) in [6.07, 6.45) is 5.59. The van der Waals surface area contributed by atoms with E-state index in [2.05, 4.69) is 23.5 Å². The molecule has 1 N–H and O–H groups in total. The molecule has 1 unspecified atom stereocenters. The third kappa shape index (κ3) is 4.87. The summed E-state index contributed by atoms with van der Waals surface area (Å²) in [6.45, 7) is 4.09. The Kier molecular flexibility index (Phi) is 6.06. The number of nitrogens with zero attached hydrogens (tertiary/aromatic N) is 1. The molecule has 0 aromatic carbocycles. The van der Waals surface area contributed by atoms with Gasteiger partial charge >= 0.3 is 0 Å². The van der Waals surface area contributed by atoms with Crippen molar-refractivity contribution in [2.45, 2.75) is 13.5 Å². The second kappa shape index (κ2) is 7.09. The average Bonchev–Trinajstić information content (AvgIpc) is 2.21. The Morgan fingerprint density at radius 3 is 3.07 bits per heavy atom. The van der Waals surface area contributed by atoms with Crippen LogP contribution in [0.4, 0.5) is 0 Å². The summed E-state index contributed by atoms with van der Waals surface area (Å²) < 4.78 is 0. The molecule has 1 aromatic rings. The maximum Gasteiger partial charge on any atom is 0.0634 e. The molecule has 1 heterocycles. The van der Waals surface area contributed by atoms with Gasteiger partial charge in [-0.15, -0.1) is 0 Å². The van der Waals surface area contributed by atoms with Crippen LogP contribution in [0.3, 0.4) is 0 Å². The fraction of sp³-hybridized carbons (Fsp3) is 0.545. The van der Waals surface area contributed by atoms with Gasteiger partial charge in [-0.2, -0.15) is 11.8 Å². The number of thioether (sulfide) groups is 1. The van der Waals surface area contributed by atoms with Crippen molar-refractivity contribution in [3.8, 4) is 0 Å². The van der Waals surface area contributed by atoms with E-state index in [0.29, 0.717) is 5.92 Å². The van der Waals surface area contributed by atoms with Gasteiger partial charge < -0.3 is 5.32 Å². The van der Waals surface area contributed by atoms with E-state index in [1.54, 1.807) is 12.4 Å². The van der Waals surface area contributed by atoms with Crippen molar-refractivity contribution in [3.05, 3.63) is 29.0 Å². The van der Waals surface area contributed by atoms with Gasteiger partial charge in [-0.3, -0.25) is 4.98 Å². The van der Waals surface area contributed by atoms with E-state index >= 15 is 0 Å². The van der Waals surface area contributed by atoms with Gasteiger partial charge in [-0.1, -0.05) is 18.5 Å². The molecule has 1 atom stereocenters. The highest BCUT2D eigenvalue weighted by Crippen LogP contribution is 2.12. The topological polar surface area (TPSA) is 24.9 Å². The molecular formula is C11H17ClN2S. The molecule has 0 radical (unpaired) electrons. The lowest BCUT2D eigenvalue weighted by atomic mass is 10.2. The van der Waals surface area contributed by atoms with Crippen molar-refractivity contribution in [1.82, 2.24) is 10.3 Å². The van der Waals surface area contributed by atoms with E-state index < -0.39 is 0 Å². The zero-order valence-electron chi connectivity index (χ0n) is 9.16. The molecule has 0 aliphatic rings. The van der Waals surface area contributed by atoms with E-state index in [0.717, 1.165) is 23.7 Å². The minimum absolute atomic E-state index is 0.695. The number of pyridine rings is 1. The molecule has 0 bridgehead atoms. The van der Waals surface area contributed by atoms with Crippen LogP contribution in [0, 0.1) is 5.92 Å². The largest absolute Gasteiger partial charge is 0.312 e. The van der Waals surface area contributed by atoms with Gasteiger partial charge in [0.1, 0.15) is 0 Å². The van der Waals surface area contributed by atoms with Crippen LogP contribution < -0.4 is 5.32 Å². The zero-order valence-corrected chi connectivity index (χ0v) is 10.7. The summed E-state index contributed by atoms with van der Waals surface area (Å²) in [5, 5.41) is 4.14. The zero-order chi connectivity index (χ0) is 11.1. The Hall–Kier alpha value is -0.250. The van der Waals surface area contributed by atoms with Crippen LogP contribution >= 0.6 is 23.4 Å². The Bertz CT molecular complexity index is 294. The van der Waals surface area contributed by atoms with Gasteiger partial charge in [0.25, 0.3) is 0 Å². The van der Waals surface area contributed by atoms with Crippen LogP contribution in [-0.2, 0) is 6.54 Å². The molecular weight excluding hydrogens is 228 g/mol. The normalized spacial score (nSPS) is 12.7. The SMILES string of the molecule is CSCC(C)CNCc1ccncc1Cl. The first-order valence-electron chi connectivity index (χ1n) is 5.02. The number of aromatic nitrogens is 1. The van der Waals surface area contributed by atoms with E-state index in [1.807, 2.05) is 17.8 Å². The summed E-state index contributed by atoms with van der Waals surface area (Å²) >= 11 is 7.88. The van der Waals surface area contributed by atoms with E-state index in [4.69, 9.17) is 11.6 Å². The highest BCUT2D eigenvalue weighted by atomic mass is 35.5. The number of halogens is 1. The minimum Gasteiger partial charge on any atom is -0.312 e. The lowest BCUT2D eigenvalue weighted by Crippen LogP contribution is -2.22. The van der Waals surface area contributed by atoms with Crippen molar-refractivity contribution in [3.63, 3.8) is 0 Å². The van der Waals surface area contributed by atoms with Crippen molar-refractivity contribution in [2.24, 2.45) is 5.92 Å². The smallest absolute Gasteiger partial charge is 0.0634 e. The van der Waals surface area contributed by atoms with Gasteiger partial charge in [0.15, 0.2) is 0 Å². The van der Waals surface area contributed by atoms with Gasteiger partial charge in [-0.05, 0) is 36.1 Å². The Labute approximate surface area is 101 Å². The van der Waals surface area contributed by atoms with Crippen molar-refractivity contribution in [1.29, 1.82) is 0 Å². The van der Waals surface area contributed by atoms with E-state index in [1.165, 1.54) is 5.75 Å². The molecule has 0 amide bonds. The van der Waals surface area contributed by atoms with Crippen LogP contribution in [0.15, 0.2) is 18.5 Å². The van der Waals surface area contributed by atoms with Gasteiger partial charge in [0, 0.05) is 18.9 Å². The molecule has 2 nitrogen and oxygen atoms in total. The third-order valence-electron chi connectivity index (χ3n) is 2.12. The second-order valence-corrected chi connectivity index (χ2v) is 4.98. The van der Waals surface area contributed by atoms with Gasteiger partial charge in [0.05, 0.1) is 5.02 Å². The van der Waals surface area contributed by atoms with Crippen molar-refractivity contribution >= 4 is 23.4 Å². The van der Waals surface area contributed by atoms with Crippen molar-refractivity contribution in [2.75, 3.05) is 18.6 Å². The summed E-state index contributed by atoms with van der Waals surface area (Å²) in [7, 11) is 0. The Morgan fingerprint density at radius 1 is 1.60 bits per heavy atom. The predicted octanol–water partition coefficient (Wildman–Crippen LogP) is 2.82. The molecule has 0 aliphatic carbocycles. The average molecular weight is 245 g/mol. The van der Waals surface area contributed by atoms with Crippen molar-refractivity contribution < 1.29 is 0 Å². The molecule has 1 rings (SSSR count). The van der Waals surface area contributed by atoms with E-state index in [-0.39, 0.29) is 0 Å². The first-order valence-corrected chi connectivity index (χ1v) is 6.79. The van der Waals surface area contributed by atoms with Crippen LogP contribution in [0.5, 0.6) is 0 Å². The van der Waals surface area contributed by atoms with Gasteiger partial charge in [-0.25, -0.2) is 0 Å². The number of hydrogen-bond donors (Lipinski definition) is 1. The summed E-state index contributed by atoms with van der Waals surface area (Å²) in [5.74, 6) is 1.89. The molecule has 0 fully saturated rings.